The number of ether oxygens (including phenoxy) is 1. The minimum absolute atomic E-state index is 0.0456. The molecule has 0 aliphatic heterocycles. The second kappa shape index (κ2) is 9.42. The molecule has 5 heteroatoms. The first-order valence-electron chi connectivity index (χ1n) is 7.88. The number of carbonyl (C=O) groups is 2. The molecular formula is C16H28N2O3. The van der Waals surface area contributed by atoms with Gasteiger partial charge in [0.1, 0.15) is 6.04 Å². The van der Waals surface area contributed by atoms with Crippen LogP contribution in [0.2, 0.25) is 0 Å². The third kappa shape index (κ3) is 6.19. The number of methoxy groups -OCH3 is 1. The molecule has 0 aromatic rings. The second-order valence-corrected chi connectivity index (χ2v) is 5.64. The summed E-state index contributed by atoms with van der Waals surface area (Å²) in [6, 6.07) is -0.893. The Morgan fingerprint density at radius 1 is 1.38 bits per heavy atom. The van der Waals surface area contributed by atoms with Crippen molar-refractivity contribution in [2.75, 3.05) is 13.7 Å². The lowest BCUT2D eigenvalue weighted by Crippen LogP contribution is -2.49. The minimum atomic E-state index is -0.589. The lowest BCUT2D eigenvalue weighted by atomic mass is 9.97. The largest absolute Gasteiger partial charge is 0.467 e. The first-order chi connectivity index (χ1) is 10.1. The number of amides is 2. The molecule has 5 nitrogen and oxygen atoms in total. The van der Waals surface area contributed by atoms with Gasteiger partial charge in [-0.15, -0.1) is 0 Å². The molecule has 1 aliphatic rings. The van der Waals surface area contributed by atoms with E-state index >= 15 is 0 Å². The van der Waals surface area contributed by atoms with Crippen LogP contribution in [0.3, 0.4) is 0 Å². The van der Waals surface area contributed by atoms with Gasteiger partial charge in [-0.1, -0.05) is 31.9 Å². The number of urea groups is 1. The van der Waals surface area contributed by atoms with Crippen LogP contribution >= 0.6 is 0 Å². The van der Waals surface area contributed by atoms with Crippen LogP contribution in [0.5, 0.6) is 0 Å². The van der Waals surface area contributed by atoms with Crippen LogP contribution in [0, 0.1) is 5.92 Å². The van der Waals surface area contributed by atoms with Crippen LogP contribution in [-0.2, 0) is 9.53 Å². The molecule has 21 heavy (non-hydrogen) atoms. The van der Waals surface area contributed by atoms with Gasteiger partial charge in [0, 0.05) is 6.54 Å². The van der Waals surface area contributed by atoms with E-state index in [-0.39, 0.29) is 11.9 Å². The van der Waals surface area contributed by atoms with Gasteiger partial charge >= 0.3 is 12.0 Å². The molecule has 2 N–H and O–H groups in total. The Morgan fingerprint density at radius 2 is 2.14 bits per heavy atom. The molecule has 2 amide bonds. The van der Waals surface area contributed by atoms with Crippen LogP contribution in [-0.4, -0.2) is 31.7 Å². The first kappa shape index (κ1) is 17.5. The molecule has 0 heterocycles. The molecule has 0 saturated carbocycles. The van der Waals surface area contributed by atoms with Crippen LogP contribution < -0.4 is 10.6 Å². The van der Waals surface area contributed by atoms with E-state index in [1.165, 1.54) is 25.5 Å². The second-order valence-electron chi connectivity index (χ2n) is 5.64. The first-order valence-corrected chi connectivity index (χ1v) is 7.88. The molecule has 0 fully saturated rings. The molecule has 0 spiro atoms. The van der Waals surface area contributed by atoms with Gasteiger partial charge in [0.05, 0.1) is 7.11 Å². The Hall–Kier alpha value is -1.52. The molecule has 1 rings (SSSR count). The molecule has 0 unspecified atom stereocenters. The van der Waals surface area contributed by atoms with E-state index in [4.69, 9.17) is 4.74 Å². The molecular weight excluding hydrogens is 268 g/mol. The minimum Gasteiger partial charge on any atom is -0.467 e. The predicted octanol–water partition coefficient (Wildman–Crippen LogP) is 2.76. The van der Waals surface area contributed by atoms with Crippen molar-refractivity contribution in [3.05, 3.63) is 11.6 Å². The van der Waals surface area contributed by atoms with Gasteiger partial charge in [0.15, 0.2) is 0 Å². The molecule has 2 atom stereocenters. The van der Waals surface area contributed by atoms with Crippen molar-refractivity contribution in [2.45, 2.75) is 58.4 Å². The van der Waals surface area contributed by atoms with Crippen molar-refractivity contribution in [1.82, 2.24) is 10.6 Å². The van der Waals surface area contributed by atoms with Gasteiger partial charge in [0.25, 0.3) is 0 Å². The fourth-order valence-corrected chi connectivity index (χ4v) is 2.46. The highest BCUT2D eigenvalue weighted by Crippen LogP contribution is 2.19. The van der Waals surface area contributed by atoms with Gasteiger partial charge in [-0.25, -0.2) is 9.59 Å². The molecule has 0 aromatic carbocycles. The summed E-state index contributed by atoms with van der Waals surface area (Å²) in [6.07, 6.45) is 8.77. The molecule has 0 bridgehead atoms. The number of rotatable bonds is 7. The molecule has 1 aliphatic carbocycles. The normalized spacial score (nSPS) is 17.4. The average molecular weight is 296 g/mol. The van der Waals surface area contributed by atoms with E-state index in [0.29, 0.717) is 6.54 Å². The summed E-state index contributed by atoms with van der Waals surface area (Å²) >= 11 is 0. The molecule has 0 radical (unpaired) electrons. The van der Waals surface area contributed by atoms with E-state index in [0.717, 1.165) is 25.7 Å². The van der Waals surface area contributed by atoms with E-state index in [1.807, 2.05) is 13.8 Å². The Morgan fingerprint density at radius 3 is 2.71 bits per heavy atom. The van der Waals surface area contributed by atoms with Crippen LogP contribution in [0.1, 0.15) is 52.4 Å². The van der Waals surface area contributed by atoms with E-state index in [1.54, 1.807) is 0 Å². The zero-order valence-corrected chi connectivity index (χ0v) is 13.4. The van der Waals surface area contributed by atoms with Gasteiger partial charge in [0.2, 0.25) is 0 Å². The number of hydrogen-bond acceptors (Lipinski definition) is 3. The molecule has 120 valence electrons. The van der Waals surface area contributed by atoms with Crippen molar-refractivity contribution < 1.29 is 14.3 Å². The number of nitrogens with one attached hydrogen (secondary N) is 2. The SMILES string of the molecule is CC[C@@H](C)[C@H](NC(=O)NCCC1=CCCCC1)C(=O)OC. The fourth-order valence-electron chi connectivity index (χ4n) is 2.46. The Balaban J connectivity index is 2.36. The topological polar surface area (TPSA) is 67.4 Å². The monoisotopic (exact) mass is 296 g/mol. The Kier molecular flexibility index (Phi) is 7.87. The predicted molar refractivity (Wildman–Crippen MR) is 83.0 cm³/mol. The van der Waals surface area contributed by atoms with Crippen LogP contribution in [0.15, 0.2) is 11.6 Å². The lowest BCUT2D eigenvalue weighted by Gasteiger charge is -2.22. The summed E-state index contributed by atoms with van der Waals surface area (Å²) < 4.78 is 4.75. The summed E-state index contributed by atoms with van der Waals surface area (Å²) in [6.45, 7) is 4.51. The van der Waals surface area contributed by atoms with Gasteiger partial charge in [-0.3, -0.25) is 0 Å². The van der Waals surface area contributed by atoms with Gasteiger partial charge in [-0.05, 0) is 38.0 Å². The van der Waals surface area contributed by atoms with Gasteiger partial charge < -0.3 is 15.4 Å². The average Bonchev–Trinajstić information content (AvgIpc) is 2.52. The molecule has 0 saturated heterocycles. The zero-order valence-electron chi connectivity index (χ0n) is 13.4. The summed E-state index contributed by atoms with van der Waals surface area (Å²) in [5.74, 6) is -0.348. The van der Waals surface area contributed by atoms with Crippen molar-refractivity contribution in [2.24, 2.45) is 5.92 Å². The quantitative estimate of drug-likeness (QED) is 0.561. The Labute approximate surface area is 127 Å². The summed E-state index contributed by atoms with van der Waals surface area (Å²) in [5.41, 5.74) is 1.42. The smallest absolute Gasteiger partial charge is 0.328 e. The number of allylic oxidation sites excluding steroid dienone is 1. The molecule has 0 aromatic heterocycles. The maximum atomic E-state index is 11.9. The van der Waals surface area contributed by atoms with E-state index < -0.39 is 12.0 Å². The van der Waals surface area contributed by atoms with Crippen LogP contribution in [0.25, 0.3) is 0 Å². The van der Waals surface area contributed by atoms with Crippen molar-refractivity contribution in [3.8, 4) is 0 Å². The Bertz CT molecular complexity index is 380. The van der Waals surface area contributed by atoms with Crippen molar-refractivity contribution >= 4 is 12.0 Å². The summed E-state index contributed by atoms with van der Waals surface area (Å²) in [4.78, 5) is 23.6. The standard InChI is InChI=1S/C16H28N2O3/c1-4-12(2)14(15(19)21-3)18-16(20)17-11-10-13-8-6-5-7-9-13/h8,12,14H,4-7,9-11H2,1-3H3,(H2,17,18,20)/t12-,14+/m1/s1. The highest BCUT2D eigenvalue weighted by molar-refractivity contribution is 5.83. The summed E-state index contributed by atoms with van der Waals surface area (Å²) in [7, 11) is 1.34. The highest BCUT2D eigenvalue weighted by atomic mass is 16.5. The van der Waals surface area contributed by atoms with Gasteiger partial charge in [-0.2, -0.15) is 0 Å². The number of hydrogen-bond donors (Lipinski definition) is 2. The fraction of sp³-hybridized carbons (Fsp3) is 0.750. The zero-order chi connectivity index (χ0) is 15.7. The van der Waals surface area contributed by atoms with Crippen molar-refractivity contribution in [3.63, 3.8) is 0 Å². The summed E-state index contributed by atoms with van der Waals surface area (Å²) in [5, 5.41) is 5.53. The van der Waals surface area contributed by atoms with E-state index in [9.17, 15) is 9.59 Å². The van der Waals surface area contributed by atoms with Crippen LogP contribution in [0.4, 0.5) is 4.79 Å². The maximum absolute atomic E-state index is 11.9. The maximum Gasteiger partial charge on any atom is 0.328 e. The highest BCUT2D eigenvalue weighted by Gasteiger charge is 2.26. The third-order valence-corrected chi connectivity index (χ3v) is 4.07. The van der Waals surface area contributed by atoms with Crippen molar-refractivity contribution in [1.29, 1.82) is 0 Å². The number of carbonyl (C=O) groups excluding carboxylic acids is 2. The number of esters is 1. The lowest BCUT2D eigenvalue weighted by molar-refractivity contribution is -0.144. The van der Waals surface area contributed by atoms with E-state index in [2.05, 4.69) is 16.7 Å². The third-order valence-electron chi connectivity index (χ3n) is 4.07.